The zero-order chi connectivity index (χ0) is 15.1. The van der Waals surface area contributed by atoms with E-state index in [1.54, 1.807) is 0 Å². The lowest BCUT2D eigenvalue weighted by Crippen LogP contribution is -2.41. The number of fused-ring (bicyclic) bond motifs is 1. The Morgan fingerprint density at radius 2 is 2.23 bits per heavy atom. The molecule has 2 aliphatic rings. The van der Waals surface area contributed by atoms with Crippen molar-refractivity contribution in [3.8, 4) is 5.75 Å². The van der Waals surface area contributed by atoms with E-state index in [4.69, 9.17) is 9.26 Å². The molecule has 2 aliphatic heterocycles. The van der Waals surface area contributed by atoms with Crippen molar-refractivity contribution >= 4 is 5.91 Å². The van der Waals surface area contributed by atoms with Crippen LogP contribution in [0.25, 0.3) is 0 Å². The third-order valence-corrected chi connectivity index (χ3v) is 4.45. The summed E-state index contributed by atoms with van der Waals surface area (Å²) in [5.41, 5.74) is 1.95. The Morgan fingerprint density at radius 3 is 3.00 bits per heavy atom. The summed E-state index contributed by atoms with van der Waals surface area (Å²) >= 11 is 0. The van der Waals surface area contributed by atoms with E-state index in [0.717, 1.165) is 42.2 Å². The summed E-state index contributed by atoms with van der Waals surface area (Å²) in [5.74, 6) is 1.66. The monoisotopic (exact) mass is 298 g/mol. The molecule has 1 fully saturated rings. The van der Waals surface area contributed by atoms with Crippen LogP contribution >= 0.6 is 0 Å². The normalized spacial score (nSPS) is 23.4. The molecule has 0 spiro atoms. The number of carbonyl (C=O) groups is 1. The smallest absolute Gasteiger partial charge is 0.264 e. The van der Waals surface area contributed by atoms with Gasteiger partial charge in [0.05, 0.1) is 6.04 Å². The summed E-state index contributed by atoms with van der Waals surface area (Å²) in [7, 11) is 0. The number of amides is 1. The fraction of sp³-hybridized carbons (Fsp3) is 0.412. The molecule has 1 aromatic heterocycles. The van der Waals surface area contributed by atoms with Gasteiger partial charge < -0.3 is 14.2 Å². The fourth-order valence-corrected chi connectivity index (χ4v) is 3.39. The van der Waals surface area contributed by atoms with Crippen LogP contribution in [-0.2, 0) is 11.2 Å². The Kier molecular flexibility index (Phi) is 3.13. The first-order chi connectivity index (χ1) is 10.7. The summed E-state index contributed by atoms with van der Waals surface area (Å²) in [6.45, 7) is 2.62. The molecule has 114 valence electrons. The molecule has 2 aromatic rings. The second kappa shape index (κ2) is 5.16. The lowest BCUT2D eigenvalue weighted by Gasteiger charge is -2.25. The summed E-state index contributed by atoms with van der Waals surface area (Å²) in [4.78, 5) is 14.7. The van der Waals surface area contributed by atoms with Gasteiger partial charge in [-0.05, 0) is 31.4 Å². The molecule has 0 bridgehead atoms. The highest BCUT2D eigenvalue weighted by atomic mass is 16.5. The lowest BCUT2D eigenvalue weighted by atomic mass is 10.1. The second-order valence-corrected chi connectivity index (χ2v) is 5.97. The van der Waals surface area contributed by atoms with E-state index >= 15 is 0 Å². The van der Waals surface area contributed by atoms with Crippen LogP contribution in [-0.4, -0.2) is 28.6 Å². The molecule has 2 atom stereocenters. The zero-order valence-corrected chi connectivity index (χ0v) is 12.5. The van der Waals surface area contributed by atoms with Gasteiger partial charge in [0.15, 0.2) is 6.10 Å². The third kappa shape index (κ3) is 2.17. The van der Waals surface area contributed by atoms with Crippen LogP contribution in [0.2, 0.25) is 0 Å². The van der Waals surface area contributed by atoms with E-state index < -0.39 is 6.10 Å². The first-order valence-corrected chi connectivity index (χ1v) is 7.70. The molecule has 0 N–H and O–H groups in total. The number of ether oxygens (including phenoxy) is 1. The number of hydrogen-bond acceptors (Lipinski definition) is 4. The van der Waals surface area contributed by atoms with Crippen LogP contribution in [0.1, 0.15) is 35.9 Å². The average molecular weight is 298 g/mol. The Balaban J connectivity index is 1.53. The molecule has 0 radical (unpaired) electrons. The molecular weight excluding hydrogens is 280 g/mol. The third-order valence-electron chi connectivity index (χ3n) is 4.45. The van der Waals surface area contributed by atoms with Gasteiger partial charge in [-0.25, -0.2) is 0 Å². The minimum Gasteiger partial charge on any atom is -0.480 e. The van der Waals surface area contributed by atoms with Crippen molar-refractivity contribution in [3.63, 3.8) is 0 Å². The van der Waals surface area contributed by atoms with Gasteiger partial charge in [0.25, 0.3) is 5.91 Å². The van der Waals surface area contributed by atoms with Gasteiger partial charge in [0, 0.05) is 19.0 Å². The number of benzene rings is 1. The SMILES string of the molecule is Cc1cc([C@@H]2CCCN2C(=O)[C@@H]2Cc3ccccc3O2)no1. The van der Waals surface area contributed by atoms with Gasteiger partial charge in [0.2, 0.25) is 0 Å². The van der Waals surface area contributed by atoms with Crippen molar-refractivity contribution in [1.29, 1.82) is 0 Å². The van der Waals surface area contributed by atoms with Gasteiger partial charge in [0.1, 0.15) is 17.2 Å². The number of likely N-dealkylation sites (tertiary alicyclic amines) is 1. The van der Waals surface area contributed by atoms with Gasteiger partial charge in [-0.2, -0.15) is 0 Å². The van der Waals surface area contributed by atoms with Crippen molar-refractivity contribution in [3.05, 3.63) is 47.3 Å². The average Bonchev–Trinajstić information content (AvgIpc) is 3.24. The number of aryl methyl sites for hydroxylation is 1. The van der Waals surface area contributed by atoms with Crippen molar-refractivity contribution in [2.24, 2.45) is 0 Å². The van der Waals surface area contributed by atoms with Crippen molar-refractivity contribution < 1.29 is 14.1 Å². The van der Waals surface area contributed by atoms with Crippen LogP contribution in [0, 0.1) is 6.92 Å². The van der Waals surface area contributed by atoms with E-state index in [2.05, 4.69) is 5.16 Å². The molecule has 0 saturated carbocycles. The highest BCUT2D eigenvalue weighted by molar-refractivity contribution is 5.83. The summed E-state index contributed by atoms with van der Waals surface area (Å²) in [6.07, 6.45) is 2.15. The Morgan fingerprint density at radius 1 is 1.36 bits per heavy atom. The molecule has 1 saturated heterocycles. The quantitative estimate of drug-likeness (QED) is 0.855. The summed E-state index contributed by atoms with van der Waals surface area (Å²) < 4.78 is 11.0. The van der Waals surface area contributed by atoms with Crippen molar-refractivity contribution in [2.75, 3.05) is 6.54 Å². The van der Waals surface area contributed by atoms with Crippen LogP contribution in [0.15, 0.2) is 34.9 Å². The maximum absolute atomic E-state index is 12.8. The molecule has 3 heterocycles. The maximum atomic E-state index is 12.8. The molecule has 5 nitrogen and oxygen atoms in total. The van der Waals surface area contributed by atoms with Crippen molar-refractivity contribution in [2.45, 2.75) is 38.3 Å². The Labute approximate surface area is 128 Å². The highest BCUT2D eigenvalue weighted by Gasteiger charge is 2.38. The lowest BCUT2D eigenvalue weighted by molar-refractivity contribution is -0.139. The highest BCUT2D eigenvalue weighted by Crippen LogP contribution is 2.35. The Hall–Kier alpha value is -2.30. The first-order valence-electron chi connectivity index (χ1n) is 7.70. The minimum absolute atomic E-state index is 0.0114. The molecule has 4 rings (SSSR count). The molecule has 22 heavy (non-hydrogen) atoms. The molecule has 5 heteroatoms. The first kappa shape index (κ1) is 13.4. The van der Waals surface area contributed by atoms with Gasteiger partial charge >= 0.3 is 0 Å². The van der Waals surface area contributed by atoms with Gasteiger partial charge in [-0.1, -0.05) is 23.4 Å². The number of carbonyl (C=O) groups excluding carboxylic acids is 1. The molecular formula is C17H18N2O3. The fourth-order valence-electron chi connectivity index (χ4n) is 3.39. The molecule has 0 unspecified atom stereocenters. The largest absolute Gasteiger partial charge is 0.480 e. The molecule has 1 amide bonds. The number of hydrogen-bond donors (Lipinski definition) is 0. The minimum atomic E-state index is -0.411. The van der Waals surface area contributed by atoms with Gasteiger partial charge in [-0.15, -0.1) is 0 Å². The van der Waals surface area contributed by atoms with E-state index in [1.165, 1.54) is 0 Å². The predicted molar refractivity (Wildman–Crippen MR) is 79.5 cm³/mol. The van der Waals surface area contributed by atoms with Gasteiger partial charge in [-0.3, -0.25) is 4.79 Å². The number of rotatable bonds is 2. The van der Waals surface area contributed by atoms with E-state index in [1.807, 2.05) is 42.2 Å². The standard InChI is InChI=1S/C17H18N2O3/c1-11-9-13(18-22-11)14-6-4-8-19(14)17(20)16-10-12-5-2-3-7-15(12)21-16/h2-3,5,7,9,14,16H,4,6,8,10H2,1H3/t14-,16-/m0/s1. The van der Waals surface area contributed by atoms with E-state index in [-0.39, 0.29) is 11.9 Å². The number of para-hydroxylation sites is 1. The van der Waals surface area contributed by atoms with Crippen LogP contribution in [0.5, 0.6) is 5.75 Å². The van der Waals surface area contributed by atoms with Crippen LogP contribution in [0.3, 0.4) is 0 Å². The van der Waals surface area contributed by atoms with Crippen LogP contribution < -0.4 is 4.74 Å². The van der Waals surface area contributed by atoms with Crippen molar-refractivity contribution in [1.82, 2.24) is 10.1 Å². The summed E-state index contributed by atoms with van der Waals surface area (Å²) in [5, 5.41) is 4.09. The maximum Gasteiger partial charge on any atom is 0.264 e. The topological polar surface area (TPSA) is 55.6 Å². The Bertz CT molecular complexity index is 684. The molecule has 0 aliphatic carbocycles. The summed E-state index contributed by atoms with van der Waals surface area (Å²) in [6, 6.07) is 9.78. The van der Waals surface area contributed by atoms with E-state index in [0.29, 0.717) is 6.42 Å². The predicted octanol–water partition coefficient (Wildman–Crippen LogP) is 2.65. The number of nitrogens with zero attached hydrogens (tertiary/aromatic N) is 2. The number of aromatic nitrogens is 1. The second-order valence-electron chi connectivity index (χ2n) is 5.97. The van der Waals surface area contributed by atoms with Crippen LogP contribution in [0.4, 0.5) is 0 Å². The molecule has 1 aromatic carbocycles. The zero-order valence-electron chi connectivity index (χ0n) is 12.5. The van der Waals surface area contributed by atoms with E-state index in [9.17, 15) is 4.79 Å².